The first kappa shape index (κ1) is 17.0. The van der Waals surface area contributed by atoms with Gasteiger partial charge in [0.05, 0.1) is 37.8 Å². The molecule has 0 saturated carbocycles. The predicted molar refractivity (Wildman–Crippen MR) is 101 cm³/mol. The molecule has 0 saturated heterocycles. The van der Waals surface area contributed by atoms with Crippen LogP contribution in [0.1, 0.15) is 21.5 Å². The van der Waals surface area contributed by atoms with Crippen molar-refractivity contribution in [2.75, 3.05) is 21.3 Å². The van der Waals surface area contributed by atoms with E-state index in [2.05, 4.69) is 0 Å². The van der Waals surface area contributed by atoms with Crippen LogP contribution in [0.3, 0.4) is 0 Å². The molecule has 0 radical (unpaired) electrons. The summed E-state index contributed by atoms with van der Waals surface area (Å²) in [5.41, 5.74) is 1.65. The van der Waals surface area contributed by atoms with Crippen LogP contribution in [0.25, 0.3) is 21.9 Å². The van der Waals surface area contributed by atoms with Crippen LogP contribution in [-0.4, -0.2) is 37.3 Å². The molecule has 0 amide bonds. The second-order valence-electron chi connectivity index (χ2n) is 6.34. The maximum absolute atomic E-state index is 13.3. The van der Waals surface area contributed by atoms with Gasteiger partial charge in [-0.2, -0.15) is 0 Å². The smallest absolute Gasteiger partial charge is 0.202 e. The molecule has 0 aromatic heterocycles. The SMILES string of the molecule is COc1cc(C)c(OC)c2c1-c1c(c(O)c3c(OC)cccc3c1O)C2=O. The Labute approximate surface area is 155 Å². The molecule has 0 heterocycles. The minimum Gasteiger partial charge on any atom is -0.507 e. The first-order chi connectivity index (χ1) is 13.0. The fourth-order valence-corrected chi connectivity index (χ4v) is 3.89. The quantitative estimate of drug-likeness (QED) is 0.537. The first-order valence-electron chi connectivity index (χ1n) is 8.31. The van der Waals surface area contributed by atoms with Crippen LogP contribution < -0.4 is 14.2 Å². The number of aromatic hydroxyl groups is 2. The summed E-state index contributed by atoms with van der Waals surface area (Å²) >= 11 is 0. The van der Waals surface area contributed by atoms with Gasteiger partial charge >= 0.3 is 0 Å². The molecular weight excluding hydrogens is 348 g/mol. The summed E-state index contributed by atoms with van der Waals surface area (Å²) in [4.78, 5) is 13.3. The van der Waals surface area contributed by atoms with Crippen LogP contribution >= 0.6 is 0 Å². The maximum Gasteiger partial charge on any atom is 0.202 e. The first-order valence-corrected chi connectivity index (χ1v) is 8.31. The Morgan fingerprint density at radius 1 is 0.815 bits per heavy atom. The minimum absolute atomic E-state index is 0.0155. The van der Waals surface area contributed by atoms with Crippen molar-refractivity contribution in [3.63, 3.8) is 0 Å². The lowest BCUT2D eigenvalue weighted by Crippen LogP contribution is -2.02. The molecule has 6 heteroatoms. The summed E-state index contributed by atoms with van der Waals surface area (Å²) in [5.74, 6) is 0.391. The van der Waals surface area contributed by atoms with E-state index in [4.69, 9.17) is 14.2 Å². The van der Waals surface area contributed by atoms with Crippen LogP contribution in [0.5, 0.6) is 28.7 Å². The van der Waals surface area contributed by atoms with E-state index in [0.717, 1.165) is 5.56 Å². The van der Waals surface area contributed by atoms with Crippen molar-refractivity contribution in [2.45, 2.75) is 6.92 Å². The number of aryl methyl sites for hydroxylation is 1. The van der Waals surface area contributed by atoms with Crippen molar-refractivity contribution in [3.05, 3.63) is 41.0 Å². The second-order valence-corrected chi connectivity index (χ2v) is 6.34. The van der Waals surface area contributed by atoms with E-state index < -0.39 is 5.78 Å². The van der Waals surface area contributed by atoms with Gasteiger partial charge in [-0.05, 0) is 24.6 Å². The van der Waals surface area contributed by atoms with Crippen molar-refractivity contribution >= 4 is 16.6 Å². The zero-order chi connectivity index (χ0) is 19.5. The second kappa shape index (κ2) is 5.81. The molecule has 6 nitrogen and oxygen atoms in total. The van der Waals surface area contributed by atoms with Gasteiger partial charge in [0.1, 0.15) is 28.7 Å². The molecule has 3 aromatic carbocycles. The summed E-state index contributed by atoms with van der Waals surface area (Å²) < 4.78 is 16.2. The number of benzene rings is 3. The number of carbonyl (C=O) groups excluding carboxylic acids is 1. The third-order valence-corrected chi connectivity index (χ3v) is 5.02. The van der Waals surface area contributed by atoms with Crippen LogP contribution in [0.4, 0.5) is 0 Å². The number of fused-ring (bicyclic) bond motifs is 4. The highest BCUT2D eigenvalue weighted by Gasteiger charge is 2.40. The van der Waals surface area contributed by atoms with Crippen LogP contribution in [0.15, 0.2) is 24.3 Å². The molecule has 0 spiro atoms. The van der Waals surface area contributed by atoms with Gasteiger partial charge in [0, 0.05) is 16.5 Å². The Hall–Kier alpha value is -3.41. The summed E-state index contributed by atoms with van der Waals surface area (Å²) in [6.07, 6.45) is 0. The third kappa shape index (κ3) is 2.04. The van der Waals surface area contributed by atoms with Crippen molar-refractivity contribution in [2.24, 2.45) is 0 Å². The molecule has 1 aliphatic carbocycles. The number of hydrogen-bond donors (Lipinski definition) is 2. The Kier molecular flexibility index (Phi) is 3.66. The number of carbonyl (C=O) groups is 1. The molecule has 0 unspecified atom stereocenters. The van der Waals surface area contributed by atoms with E-state index in [1.807, 2.05) is 0 Å². The normalized spacial score (nSPS) is 12.1. The molecule has 0 bridgehead atoms. The van der Waals surface area contributed by atoms with E-state index in [9.17, 15) is 15.0 Å². The standard InChI is InChI=1S/C21H18O6/c1-9-8-12(26-3)14-15-16(20(24)17(14)21(9)27-4)19(23)13-10(18(15)22)6-5-7-11(13)25-2/h5-8,22-23H,1-4H3. The van der Waals surface area contributed by atoms with Gasteiger partial charge in [-0.25, -0.2) is 0 Å². The minimum atomic E-state index is -0.431. The average molecular weight is 366 g/mol. The lowest BCUT2D eigenvalue weighted by Gasteiger charge is -2.15. The van der Waals surface area contributed by atoms with E-state index in [1.165, 1.54) is 21.3 Å². The molecular formula is C21H18O6. The molecule has 138 valence electrons. The monoisotopic (exact) mass is 366 g/mol. The number of ketones is 1. The van der Waals surface area contributed by atoms with Gasteiger partial charge in [-0.3, -0.25) is 4.79 Å². The molecule has 0 atom stereocenters. The number of ether oxygens (including phenoxy) is 3. The number of methoxy groups -OCH3 is 3. The summed E-state index contributed by atoms with van der Waals surface area (Å²) in [5, 5.41) is 22.6. The number of phenols is 2. The number of rotatable bonds is 3. The van der Waals surface area contributed by atoms with Crippen molar-refractivity contribution in [3.8, 4) is 39.9 Å². The average Bonchev–Trinajstić information content (AvgIpc) is 2.98. The Bertz CT molecular complexity index is 1130. The number of hydrogen-bond acceptors (Lipinski definition) is 6. The van der Waals surface area contributed by atoms with Gasteiger partial charge in [0.25, 0.3) is 0 Å². The largest absolute Gasteiger partial charge is 0.507 e. The molecule has 3 aromatic rings. The van der Waals surface area contributed by atoms with E-state index >= 15 is 0 Å². The van der Waals surface area contributed by atoms with Crippen LogP contribution in [0.2, 0.25) is 0 Å². The van der Waals surface area contributed by atoms with Gasteiger partial charge in [0.15, 0.2) is 0 Å². The highest BCUT2D eigenvalue weighted by Crippen LogP contribution is 2.57. The van der Waals surface area contributed by atoms with Crippen molar-refractivity contribution < 1.29 is 29.2 Å². The van der Waals surface area contributed by atoms with Crippen molar-refractivity contribution in [1.82, 2.24) is 0 Å². The maximum atomic E-state index is 13.3. The molecule has 4 rings (SSSR count). The molecule has 27 heavy (non-hydrogen) atoms. The zero-order valence-corrected chi connectivity index (χ0v) is 15.3. The lowest BCUT2D eigenvalue weighted by atomic mass is 9.96. The Morgan fingerprint density at radius 3 is 2.15 bits per heavy atom. The van der Waals surface area contributed by atoms with Gasteiger partial charge in [-0.1, -0.05) is 12.1 Å². The molecule has 0 aliphatic heterocycles. The number of phenolic OH excluding ortho intramolecular Hbond substituents is 2. The van der Waals surface area contributed by atoms with Crippen LogP contribution in [-0.2, 0) is 0 Å². The summed E-state index contributed by atoms with van der Waals surface area (Å²) in [6.45, 7) is 1.80. The Morgan fingerprint density at radius 2 is 1.52 bits per heavy atom. The summed E-state index contributed by atoms with van der Waals surface area (Å²) in [6, 6.07) is 6.77. The van der Waals surface area contributed by atoms with E-state index in [-0.39, 0.29) is 33.6 Å². The highest BCUT2D eigenvalue weighted by molar-refractivity contribution is 6.29. The third-order valence-electron chi connectivity index (χ3n) is 5.02. The van der Waals surface area contributed by atoms with Gasteiger partial charge in [0.2, 0.25) is 5.78 Å². The summed E-state index contributed by atoms with van der Waals surface area (Å²) in [7, 11) is 4.43. The predicted octanol–water partition coefficient (Wildman–Crippen LogP) is 3.80. The molecule has 2 N–H and O–H groups in total. The van der Waals surface area contributed by atoms with Gasteiger partial charge in [-0.15, -0.1) is 0 Å². The highest BCUT2D eigenvalue weighted by atomic mass is 16.5. The molecule has 0 fully saturated rings. The topological polar surface area (TPSA) is 85.2 Å². The van der Waals surface area contributed by atoms with Crippen LogP contribution in [0, 0.1) is 6.92 Å². The fraction of sp³-hybridized carbons (Fsp3) is 0.190. The lowest BCUT2D eigenvalue weighted by molar-refractivity contribution is 0.103. The molecule has 1 aliphatic rings. The van der Waals surface area contributed by atoms with Gasteiger partial charge < -0.3 is 24.4 Å². The van der Waals surface area contributed by atoms with E-state index in [1.54, 1.807) is 31.2 Å². The van der Waals surface area contributed by atoms with E-state index in [0.29, 0.717) is 28.2 Å². The zero-order valence-electron chi connectivity index (χ0n) is 15.3. The van der Waals surface area contributed by atoms with Crippen molar-refractivity contribution in [1.29, 1.82) is 0 Å². The fourth-order valence-electron chi connectivity index (χ4n) is 3.89. The Balaban J connectivity index is 2.24.